The molecule has 0 saturated heterocycles. The van der Waals surface area contributed by atoms with Crippen molar-refractivity contribution in [3.8, 4) is 11.5 Å². The van der Waals surface area contributed by atoms with Crippen molar-refractivity contribution in [2.75, 3.05) is 7.11 Å². The topological polar surface area (TPSA) is 52.6 Å². The van der Waals surface area contributed by atoms with Gasteiger partial charge in [0.2, 0.25) is 0 Å². The van der Waals surface area contributed by atoms with Gasteiger partial charge in [0, 0.05) is 10.5 Å². The van der Waals surface area contributed by atoms with E-state index in [4.69, 9.17) is 8.92 Å². The van der Waals surface area contributed by atoms with E-state index in [1.807, 2.05) is 6.92 Å². The lowest BCUT2D eigenvalue weighted by Crippen LogP contribution is -2.12. The fourth-order valence-corrected chi connectivity index (χ4v) is 5.89. The Kier molecular flexibility index (Phi) is 5.81. The molecule has 0 unspecified atom stereocenters. The van der Waals surface area contributed by atoms with Crippen LogP contribution < -0.4 is 8.92 Å². The zero-order valence-electron chi connectivity index (χ0n) is 12.5. The highest BCUT2D eigenvalue weighted by atomic mass is 79.9. The first-order chi connectivity index (χ1) is 10.7. The number of rotatable bonds is 4. The molecule has 2 aromatic rings. The summed E-state index contributed by atoms with van der Waals surface area (Å²) in [6.07, 6.45) is 0. The Morgan fingerprint density at radius 1 is 0.913 bits per heavy atom. The van der Waals surface area contributed by atoms with Crippen LogP contribution in [-0.4, -0.2) is 15.5 Å². The van der Waals surface area contributed by atoms with E-state index < -0.39 is 10.1 Å². The molecule has 0 amide bonds. The standard InChI is InChI=1S/C15H13Br3O4S/c1-8-4-9(2)14(7-13(8)21-3)23(19,20)22-15-11(17)5-10(16)6-12(15)18/h4-7H,1-3H3. The number of aryl methyl sites for hydroxylation is 2. The van der Waals surface area contributed by atoms with Gasteiger partial charge in [-0.3, -0.25) is 0 Å². The molecule has 2 rings (SSSR count). The van der Waals surface area contributed by atoms with Crippen molar-refractivity contribution in [3.63, 3.8) is 0 Å². The van der Waals surface area contributed by atoms with E-state index in [0.717, 1.165) is 10.0 Å². The maximum Gasteiger partial charge on any atom is 0.339 e. The fourth-order valence-electron chi connectivity index (χ4n) is 2.07. The Bertz CT molecular complexity index is 840. The van der Waals surface area contributed by atoms with Crippen LogP contribution in [0.3, 0.4) is 0 Å². The number of methoxy groups -OCH3 is 1. The maximum atomic E-state index is 12.7. The molecule has 4 nitrogen and oxygen atoms in total. The van der Waals surface area contributed by atoms with Gasteiger partial charge in [0.1, 0.15) is 10.6 Å². The number of halogens is 3. The molecule has 0 atom stereocenters. The molecule has 0 aliphatic carbocycles. The van der Waals surface area contributed by atoms with Crippen LogP contribution in [0, 0.1) is 13.8 Å². The van der Waals surface area contributed by atoms with Crippen LogP contribution in [0.4, 0.5) is 0 Å². The number of hydrogen-bond donors (Lipinski definition) is 0. The van der Waals surface area contributed by atoms with Gasteiger partial charge in [0.15, 0.2) is 5.75 Å². The van der Waals surface area contributed by atoms with Gasteiger partial charge >= 0.3 is 10.1 Å². The van der Waals surface area contributed by atoms with Gasteiger partial charge in [-0.15, -0.1) is 0 Å². The average molecular weight is 529 g/mol. The molecular weight excluding hydrogens is 516 g/mol. The number of ether oxygens (including phenoxy) is 1. The van der Waals surface area contributed by atoms with E-state index in [0.29, 0.717) is 20.3 Å². The van der Waals surface area contributed by atoms with Gasteiger partial charge in [-0.1, -0.05) is 22.0 Å². The summed E-state index contributed by atoms with van der Waals surface area (Å²) in [7, 11) is -2.51. The predicted octanol–water partition coefficient (Wildman–Crippen LogP) is 5.37. The molecule has 2 aromatic carbocycles. The molecular formula is C15H13Br3O4S. The summed E-state index contributed by atoms with van der Waals surface area (Å²) in [4.78, 5) is 0.0710. The van der Waals surface area contributed by atoms with Crippen LogP contribution in [0.1, 0.15) is 11.1 Å². The summed E-state index contributed by atoms with van der Waals surface area (Å²) in [5.74, 6) is 0.679. The highest BCUT2D eigenvalue weighted by molar-refractivity contribution is 9.11. The lowest BCUT2D eigenvalue weighted by molar-refractivity contribution is 0.409. The van der Waals surface area contributed by atoms with E-state index in [-0.39, 0.29) is 10.6 Å². The summed E-state index contributed by atoms with van der Waals surface area (Å²) in [5, 5.41) is 0. The average Bonchev–Trinajstić information content (AvgIpc) is 2.42. The molecule has 0 bridgehead atoms. The van der Waals surface area contributed by atoms with E-state index >= 15 is 0 Å². The second-order valence-electron chi connectivity index (χ2n) is 4.82. The Hall–Kier alpha value is -0.570. The molecule has 0 saturated carbocycles. The Labute approximate surface area is 160 Å². The molecule has 0 aromatic heterocycles. The summed E-state index contributed by atoms with van der Waals surface area (Å²) in [6.45, 7) is 3.57. The molecule has 124 valence electrons. The van der Waals surface area contributed by atoms with Crippen molar-refractivity contribution < 1.29 is 17.3 Å². The van der Waals surface area contributed by atoms with E-state index in [1.165, 1.54) is 13.2 Å². The summed E-state index contributed by atoms with van der Waals surface area (Å²) >= 11 is 9.94. The number of benzene rings is 2. The third kappa shape index (κ3) is 4.10. The Balaban J connectivity index is 2.52. The lowest BCUT2D eigenvalue weighted by atomic mass is 10.1. The van der Waals surface area contributed by atoms with Crippen LogP contribution in [0.5, 0.6) is 11.5 Å². The lowest BCUT2D eigenvalue weighted by Gasteiger charge is -2.14. The van der Waals surface area contributed by atoms with Crippen LogP contribution in [0.15, 0.2) is 42.6 Å². The van der Waals surface area contributed by atoms with Crippen molar-refractivity contribution in [3.05, 3.63) is 48.8 Å². The van der Waals surface area contributed by atoms with Gasteiger partial charge in [-0.05, 0) is 69.0 Å². The molecule has 0 radical (unpaired) electrons. The van der Waals surface area contributed by atoms with Crippen LogP contribution in [-0.2, 0) is 10.1 Å². The first kappa shape index (κ1) is 18.8. The van der Waals surface area contributed by atoms with Gasteiger partial charge in [-0.2, -0.15) is 8.42 Å². The zero-order chi connectivity index (χ0) is 17.4. The van der Waals surface area contributed by atoms with E-state index in [1.54, 1.807) is 25.1 Å². The molecule has 23 heavy (non-hydrogen) atoms. The highest BCUT2D eigenvalue weighted by Crippen LogP contribution is 2.38. The predicted molar refractivity (Wildman–Crippen MR) is 99.8 cm³/mol. The quantitative estimate of drug-likeness (QED) is 0.501. The smallest absolute Gasteiger partial charge is 0.339 e. The SMILES string of the molecule is COc1cc(S(=O)(=O)Oc2c(Br)cc(Br)cc2Br)c(C)cc1C. The maximum absolute atomic E-state index is 12.7. The third-order valence-corrected chi connectivity index (χ3v) is 6.12. The first-order valence-electron chi connectivity index (χ1n) is 6.40. The molecule has 0 fully saturated rings. The summed E-state index contributed by atoms with van der Waals surface area (Å²) in [6, 6.07) is 6.64. The molecule has 0 aliphatic rings. The first-order valence-corrected chi connectivity index (χ1v) is 10.2. The van der Waals surface area contributed by atoms with Gasteiger partial charge < -0.3 is 8.92 Å². The zero-order valence-corrected chi connectivity index (χ0v) is 18.1. The highest BCUT2D eigenvalue weighted by Gasteiger charge is 2.24. The second-order valence-corrected chi connectivity index (χ2v) is 8.96. The van der Waals surface area contributed by atoms with E-state index in [2.05, 4.69) is 47.8 Å². The Morgan fingerprint density at radius 2 is 1.48 bits per heavy atom. The molecule has 0 heterocycles. The number of hydrogen-bond acceptors (Lipinski definition) is 4. The van der Waals surface area contributed by atoms with E-state index in [9.17, 15) is 8.42 Å². The minimum Gasteiger partial charge on any atom is -0.496 e. The molecule has 8 heteroatoms. The largest absolute Gasteiger partial charge is 0.496 e. The monoisotopic (exact) mass is 526 g/mol. The van der Waals surface area contributed by atoms with Crippen molar-refractivity contribution in [1.29, 1.82) is 0 Å². The van der Waals surface area contributed by atoms with Crippen molar-refractivity contribution >= 4 is 57.9 Å². The minimum atomic E-state index is -4.01. The van der Waals surface area contributed by atoms with Crippen molar-refractivity contribution in [2.24, 2.45) is 0 Å². The normalized spacial score (nSPS) is 11.4. The van der Waals surface area contributed by atoms with Gasteiger partial charge in [0.05, 0.1) is 16.1 Å². The van der Waals surface area contributed by atoms with Crippen LogP contribution in [0.25, 0.3) is 0 Å². The molecule has 0 aliphatic heterocycles. The summed E-state index contributed by atoms with van der Waals surface area (Å²) < 4.78 is 37.7. The Morgan fingerprint density at radius 3 is 2.00 bits per heavy atom. The van der Waals surface area contributed by atoms with Gasteiger partial charge in [0.25, 0.3) is 0 Å². The fraction of sp³-hybridized carbons (Fsp3) is 0.200. The second kappa shape index (κ2) is 7.13. The third-order valence-electron chi connectivity index (χ3n) is 3.12. The summed E-state index contributed by atoms with van der Waals surface area (Å²) in [5.41, 5.74) is 1.45. The van der Waals surface area contributed by atoms with Crippen LogP contribution >= 0.6 is 47.8 Å². The molecule has 0 spiro atoms. The minimum absolute atomic E-state index is 0.0710. The van der Waals surface area contributed by atoms with Crippen molar-refractivity contribution in [2.45, 2.75) is 18.7 Å². The van der Waals surface area contributed by atoms with Gasteiger partial charge in [-0.25, -0.2) is 0 Å². The van der Waals surface area contributed by atoms with Crippen molar-refractivity contribution in [1.82, 2.24) is 0 Å². The molecule has 0 N–H and O–H groups in total. The van der Waals surface area contributed by atoms with Crippen LogP contribution in [0.2, 0.25) is 0 Å².